The fraction of sp³-hybridized carbons (Fsp3) is 0.0714. The Balaban J connectivity index is 2.25. The van der Waals surface area contributed by atoms with Gasteiger partial charge in [0.15, 0.2) is 5.78 Å². The van der Waals surface area contributed by atoms with Gasteiger partial charge in [0.1, 0.15) is 0 Å². The fourth-order valence-electron chi connectivity index (χ4n) is 1.66. The number of aliphatic hydroxyl groups is 1. The average Bonchev–Trinajstić information content (AvgIpc) is 2.46. The zero-order valence-corrected chi connectivity index (χ0v) is 9.95. The number of carbonyl (C=O) groups excluding carboxylic acids is 1. The van der Waals surface area contributed by atoms with E-state index in [1.165, 1.54) is 24.3 Å². The summed E-state index contributed by atoms with van der Waals surface area (Å²) in [6.45, 7) is -0.0774. The van der Waals surface area contributed by atoms with Crippen molar-refractivity contribution < 1.29 is 14.8 Å². The summed E-state index contributed by atoms with van der Waals surface area (Å²) in [5.41, 5.74) is 1.54. The standard InChI is InChI=1S/C14H11NO4/c16-9-10-1-3-11(4-2-10)14(17)12-5-7-13(8-6-12)15(18)19/h1-8,16H,9H2. The van der Waals surface area contributed by atoms with Crippen molar-refractivity contribution in [3.63, 3.8) is 0 Å². The van der Waals surface area contributed by atoms with Gasteiger partial charge in [0.05, 0.1) is 11.5 Å². The highest BCUT2D eigenvalue weighted by Gasteiger charge is 2.11. The molecule has 5 nitrogen and oxygen atoms in total. The van der Waals surface area contributed by atoms with E-state index < -0.39 is 4.92 Å². The molecule has 0 atom stereocenters. The van der Waals surface area contributed by atoms with E-state index in [1.54, 1.807) is 24.3 Å². The van der Waals surface area contributed by atoms with Crippen LogP contribution in [0.4, 0.5) is 5.69 Å². The van der Waals surface area contributed by atoms with Crippen molar-refractivity contribution in [3.8, 4) is 0 Å². The lowest BCUT2D eigenvalue weighted by Crippen LogP contribution is -2.01. The molecule has 0 aromatic heterocycles. The number of carbonyl (C=O) groups is 1. The lowest BCUT2D eigenvalue weighted by atomic mass is 10.0. The predicted octanol–water partition coefficient (Wildman–Crippen LogP) is 2.32. The van der Waals surface area contributed by atoms with E-state index in [9.17, 15) is 14.9 Å². The first-order valence-corrected chi connectivity index (χ1v) is 5.61. The molecule has 0 heterocycles. The summed E-state index contributed by atoms with van der Waals surface area (Å²) in [5, 5.41) is 19.4. The number of nitro groups is 1. The number of nitro benzene ring substituents is 1. The van der Waals surface area contributed by atoms with Gasteiger partial charge in [0.25, 0.3) is 5.69 Å². The minimum Gasteiger partial charge on any atom is -0.392 e. The Labute approximate surface area is 109 Å². The summed E-state index contributed by atoms with van der Waals surface area (Å²) < 4.78 is 0. The van der Waals surface area contributed by atoms with Crippen LogP contribution in [0.2, 0.25) is 0 Å². The Kier molecular flexibility index (Phi) is 3.68. The number of non-ortho nitro benzene ring substituents is 1. The molecule has 0 saturated heterocycles. The molecule has 0 amide bonds. The normalized spacial score (nSPS) is 10.2. The SMILES string of the molecule is O=C(c1ccc(CO)cc1)c1ccc([N+](=O)[O-])cc1. The molecule has 2 aromatic rings. The monoisotopic (exact) mass is 257 g/mol. The van der Waals surface area contributed by atoms with Crippen LogP contribution in [0.15, 0.2) is 48.5 Å². The summed E-state index contributed by atoms with van der Waals surface area (Å²) in [4.78, 5) is 22.1. The summed E-state index contributed by atoms with van der Waals surface area (Å²) >= 11 is 0. The van der Waals surface area contributed by atoms with Crippen molar-refractivity contribution in [1.29, 1.82) is 0 Å². The molecule has 1 N–H and O–H groups in total. The molecule has 0 aliphatic carbocycles. The maximum absolute atomic E-state index is 12.1. The molecular formula is C14H11NO4. The van der Waals surface area contributed by atoms with Gasteiger partial charge in [-0.2, -0.15) is 0 Å². The van der Waals surface area contributed by atoms with E-state index >= 15 is 0 Å². The van der Waals surface area contributed by atoms with Gasteiger partial charge in [-0.25, -0.2) is 0 Å². The van der Waals surface area contributed by atoms with Gasteiger partial charge < -0.3 is 5.11 Å². The fourth-order valence-corrected chi connectivity index (χ4v) is 1.66. The summed E-state index contributed by atoms with van der Waals surface area (Å²) in [6.07, 6.45) is 0. The topological polar surface area (TPSA) is 80.4 Å². The Morgan fingerprint density at radius 2 is 1.47 bits per heavy atom. The van der Waals surface area contributed by atoms with Gasteiger partial charge in [-0.1, -0.05) is 24.3 Å². The number of ketones is 1. The molecule has 0 unspecified atom stereocenters. The molecule has 0 radical (unpaired) electrons. The second kappa shape index (κ2) is 5.41. The maximum Gasteiger partial charge on any atom is 0.269 e. The van der Waals surface area contributed by atoms with Crippen LogP contribution in [-0.4, -0.2) is 15.8 Å². The molecule has 0 bridgehead atoms. The third-order valence-corrected chi connectivity index (χ3v) is 2.74. The highest BCUT2D eigenvalue weighted by atomic mass is 16.6. The van der Waals surface area contributed by atoms with Crippen LogP contribution in [0.1, 0.15) is 21.5 Å². The van der Waals surface area contributed by atoms with Crippen molar-refractivity contribution in [3.05, 3.63) is 75.3 Å². The number of nitrogens with zero attached hydrogens (tertiary/aromatic N) is 1. The minimum atomic E-state index is -0.510. The number of benzene rings is 2. The van der Waals surface area contributed by atoms with Gasteiger partial charge in [0, 0.05) is 23.3 Å². The number of aliphatic hydroxyl groups excluding tert-OH is 1. The van der Waals surface area contributed by atoms with E-state index in [1.807, 2.05) is 0 Å². The van der Waals surface area contributed by atoms with Crippen LogP contribution in [0.25, 0.3) is 0 Å². The van der Waals surface area contributed by atoms with Crippen LogP contribution in [0, 0.1) is 10.1 Å². The minimum absolute atomic E-state index is 0.0489. The van der Waals surface area contributed by atoms with Gasteiger partial charge in [0.2, 0.25) is 0 Å². The molecule has 5 heteroatoms. The zero-order valence-electron chi connectivity index (χ0n) is 9.95. The van der Waals surface area contributed by atoms with Crippen LogP contribution in [0.5, 0.6) is 0 Å². The number of rotatable bonds is 4. The van der Waals surface area contributed by atoms with Crippen LogP contribution in [-0.2, 0) is 6.61 Å². The third kappa shape index (κ3) is 2.83. The molecule has 19 heavy (non-hydrogen) atoms. The van der Waals surface area contributed by atoms with Crippen molar-refractivity contribution in [2.75, 3.05) is 0 Å². The van der Waals surface area contributed by atoms with Crippen LogP contribution in [0.3, 0.4) is 0 Å². The first kappa shape index (κ1) is 12.9. The lowest BCUT2D eigenvalue weighted by molar-refractivity contribution is -0.384. The number of hydrogen-bond acceptors (Lipinski definition) is 4. The zero-order chi connectivity index (χ0) is 13.8. The predicted molar refractivity (Wildman–Crippen MR) is 68.9 cm³/mol. The van der Waals surface area contributed by atoms with Crippen LogP contribution >= 0.6 is 0 Å². The smallest absolute Gasteiger partial charge is 0.269 e. The Morgan fingerprint density at radius 1 is 1.00 bits per heavy atom. The summed E-state index contributed by atoms with van der Waals surface area (Å²) in [6, 6.07) is 12.0. The highest BCUT2D eigenvalue weighted by molar-refractivity contribution is 6.09. The Bertz CT molecular complexity index is 602. The number of hydrogen-bond donors (Lipinski definition) is 1. The van der Waals surface area contributed by atoms with Crippen molar-refractivity contribution in [1.82, 2.24) is 0 Å². The van der Waals surface area contributed by atoms with E-state index in [-0.39, 0.29) is 18.1 Å². The van der Waals surface area contributed by atoms with E-state index in [4.69, 9.17) is 5.11 Å². The molecule has 2 aromatic carbocycles. The molecule has 0 aliphatic rings. The van der Waals surface area contributed by atoms with Gasteiger partial charge in [-0.05, 0) is 17.7 Å². The lowest BCUT2D eigenvalue weighted by Gasteiger charge is -2.02. The van der Waals surface area contributed by atoms with E-state index in [0.717, 1.165) is 5.56 Å². The largest absolute Gasteiger partial charge is 0.392 e. The Morgan fingerprint density at radius 3 is 1.89 bits per heavy atom. The summed E-state index contributed by atoms with van der Waals surface area (Å²) in [5.74, 6) is -0.209. The highest BCUT2D eigenvalue weighted by Crippen LogP contribution is 2.15. The molecule has 96 valence electrons. The second-order valence-electron chi connectivity index (χ2n) is 3.99. The first-order chi connectivity index (χ1) is 9.11. The van der Waals surface area contributed by atoms with Crippen molar-refractivity contribution in [2.45, 2.75) is 6.61 Å². The molecule has 0 aliphatic heterocycles. The maximum atomic E-state index is 12.1. The summed E-state index contributed by atoms with van der Waals surface area (Å²) in [7, 11) is 0. The average molecular weight is 257 g/mol. The van der Waals surface area contributed by atoms with Crippen molar-refractivity contribution in [2.24, 2.45) is 0 Å². The van der Waals surface area contributed by atoms with Crippen molar-refractivity contribution >= 4 is 11.5 Å². The second-order valence-corrected chi connectivity index (χ2v) is 3.99. The molecule has 0 spiro atoms. The molecule has 2 rings (SSSR count). The molecular weight excluding hydrogens is 246 g/mol. The Hall–Kier alpha value is -2.53. The van der Waals surface area contributed by atoms with Gasteiger partial charge in [-0.3, -0.25) is 14.9 Å². The molecule has 0 saturated carbocycles. The van der Waals surface area contributed by atoms with Gasteiger partial charge in [-0.15, -0.1) is 0 Å². The van der Waals surface area contributed by atoms with Crippen LogP contribution < -0.4 is 0 Å². The molecule has 0 fully saturated rings. The van der Waals surface area contributed by atoms with Gasteiger partial charge >= 0.3 is 0 Å². The quantitative estimate of drug-likeness (QED) is 0.517. The third-order valence-electron chi connectivity index (χ3n) is 2.74. The first-order valence-electron chi connectivity index (χ1n) is 5.61. The van der Waals surface area contributed by atoms with E-state index in [0.29, 0.717) is 11.1 Å². The van der Waals surface area contributed by atoms with E-state index in [2.05, 4.69) is 0 Å².